The van der Waals surface area contributed by atoms with Crippen molar-refractivity contribution in [1.29, 1.82) is 0 Å². The summed E-state index contributed by atoms with van der Waals surface area (Å²) in [6, 6.07) is 13.6. The molecule has 1 amide bonds. The van der Waals surface area contributed by atoms with E-state index in [1.54, 1.807) is 43.3 Å². The minimum absolute atomic E-state index is 0.0124. The Balaban J connectivity index is 2.02. The maximum atomic E-state index is 12.4. The number of rotatable bonds is 7. The van der Waals surface area contributed by atoms with Crippen LogP contribution < -0.4 is 5.32 Å². The molecule has 0 spiro atoms. The van der Waals surface area contributed by atoms with Crippen LogP contribution in [0.25, 0.3) is 0 Å². The van der Waals surface area contributed by atoms with E-state index in [1.807, 2.05) is 31.0 Å². The molecule has 6 nitrogen and oxygen atoms in total. The lowest BCUT2D eigenvalue weighted by atomic mass is 10.1. The molecule has 0 aliphatic rings. The SMILES string of the molecule is CCOC(=O)c1ccccc1NC(=O)CN(C)C(C)c1ccc(O)cc1. The number of nitrogens with one attached hydrogen (secondary N) is 1. The van der Waals surface area contributed by atoms with E-state index in [4.69, 9.17) is 4.74 Å². The van der Waals surface area contributed by atoms with Gasteiger partial charge in [0.25, 0.3) is 0 Å². The van der Waals surface area contributed by atoms with Gasteiger partial charge in [0.05, 0.1) is 24.4 Å². The third kappa shape index (κ3) is 5.07. The molecule has 26 heavy (non-hydrogen) atoms. The number of para-hydroxylation sites is 1. The second kappa shape index (κ2) is 9.01. The monoisotopic (exact) mass is 356 g/mol. The highest BCUT2D eigenvalue weighted by Crippen LogP contribution is 2.21. The van der Waals surface area contributed by atoms with Crippen molar-refractivity contribution in [1.82, 2.24) is 4.90 Å². The molecule has 2 aromatic carbocycles. The first-order valence-corrected chi connectivity index (χ1v) is 8.47. The number of anilines is 1. The van der Waals surface area contributed by atoms with Gasteiger partial charge in [0, 0.05) is 6.04 Å². The number of amides is 1. The van der Waals surface area contributed by atoms with Crippen molar-refractivity contribution < 1.29 is 19.4 Å². The molecule has 0 radical (unpaired) electrons. The standard InChI is InChI=1S/C20H24N2O4/c1-4-26-20(25)17-7-5-6-8-18(17)21-19(24)13-22(3)14(2)15-9-11-16(23)12-10-15/h5-12,14,23H,4,13H2,1-3H3,(H,21,24). The fourth-order valence-corrected chi connectivity index (χ4v) is 2.54. The maximum Gasteiger partial charge on any atom is 0.340 e. The molecule has 0 aliphatic carbocycles. The molecule has 0 bridgehead atoms. The molecular formula is C20H24N2O4. The van der Waals surface area contributed by atoms with Gasteiger partial charge in [-0.3, -0.25) is 9.69 Å². The van der Waals surface area contributed by atoms with Crippen molar-refractivity contribution in [3.05, 3.63) is 59.7 Å². The van der Waals surface area contributed by atoms with E-state index < -0.39 is 5.97 Å². The van der Waals surface area contributed by atoms with E-state index in [0.717, 1.165) is 5.56 Å². The number of carbonyl (C=O) groups is 2. The summed E-state index contributed by atoms with van der Waals surface area (Å²) in [6.07, 6.45) is 0. The van der Waals surface area contributed by atoms with Crippen molar-refractivity contribution in [2.24, 2.45) is 0 Å². The molecule has 2 rings (SSSR count). The van der Waals surface area contributed by atoms with Crippen LogP contribution in [0.4, 0.5) is 5.69 Å². The Bertz CT molecular complexity index is 759. The maximum absolute atomic E-state index is 12.4. The number of phenols is 1. The van der Waals surface area contributed by atoms with Gasteiger partial charge in [0.15, 0.2) is 0 Å². The first kappa shape index (κ1) is 19.5. The Labute approximate surface area is 153 Å². The van der Waals surface area contributed by atoms with Gasteiger partial charge in [0.2, 0.25) is 5.91 Å². The van der Waals surface area contributed by atoms with Crippen LogP contribution in [0.1, 0.15) is 35.8 Å². The molecule has 1 unspecified atom stereocenters. The lowest BCUT2D eigenvalue weighted by Crippen LogP contribution is -2.32. The van der Waals surface area contributed by atoms with Crippen molar-refractivity contribution >= 4 is 17.6 Å². The molecule has 1 atom stereocenters. The number of nitrogens with zero attached hydrogens (tertiary/aromatic N) is 1. The third-order valence-corrected chi connectivity index (χ3v) is 4.13. The first-order valence-electron chi connectivity index (χ1n) is 8.47. The summed E-state index contributed by atoms with van der Waals surface area (Å²) in [7, 11) is 1.84. The van der Waals surface area contributed by atoms with E-state index >= 15 is 0 Å². The normalized spacial score (nSPS) is 11.8. The van der Waals surface area contributed by atoms with Crippen LogP contribution in [-0.2, 0) is 9.53 Å². The zero-order valence-corrected chi connectivity index (χ0v) is 15.2. The predicted octanol–water partition coefficient (Wildman–Crippen LogP) is 3.20. The second-order valence-corrected chi connectivity index (χ2v) is 6.00. The van der Waals surface area contributed by atoms with Crippen LogP contribution in [-0.4, -0.2) is 42.1 Å². The van der Waals surface area contributed by atoms with Gasteiger partial charge >= 0.3 is 5.97 Å². The van der Waals surface area contributed by atoms with E-state index in [-0.39, 0.29) is 30.9 Å². The summed E-state index contributed by atoms with van der Waals surface area (Å²) < 4.78 is 5.02. The van der Waals surface area contributed by atoms with Crippen LogP contribution in [0.5, 0.6) is 5.75 Å². The highest BCUT2D eigenvalue weighted by atomic mass is 16.5. The molecule has 138 valence electrons. The second-order valence-electron chi connectivity index (χ2n) is 6.00. The number of esters is 1. The molecule has 2 aromatic rings. The molecule has 2 N–H and O–H groups in total. The Kier molecular flexibility index (Phi) is 6.74. The van der Waals surface area contributed by atoms with Crippen molar-refractivity contribution in [2.45, 2.75) is 19.9 Å². The van der Waals surface area contributed by atoms with Crippen molar-refractivity contribution in [3.63, 3.8) is 0 Å². The topological polar surface area (TPSA) is 78.9 Å². The number of carbonyl (C=O) groups excluding carboxylic acids is 2. The molecule has 0 saturated heterocycles. The number of likely N-dealkylation sites (N-methyl/N-ethyl adjacent to an activating group) is 1. The molecule has 0 saturated carbocycles. The summed E-state index contributed by atoms with van der Waals surface area (Å²) in [4.78, 5) is 26.3. The summed E-state index contributed by atoms with van der Waals surface area (Å²) in [6.45, 7) is 4.14. The molecule has 6 heteroatoms. The van der Waals surface area contributed by atoms with E-state index in [9.17, 15) is 14.7 Å². The zero-order valence-electron chi connectivity index (χ0n) is 15.2. The van der Waals surface area contributed by atoms with Crippen molar-refractivity contribution in [3.8, 4) is 5.75 Å². The van der Waals surface area contributed by atoms with Gasteiger partial charge in [-0.2, -0.15) is 0 Å². The molecule has 0 aliphatic heterocycles. The van der Waals surface area contributed by atoms with E-state index in [0.29, 0.717) is 11.3 Å². The van der Waals surface area contributed by atoms with E-state index in [1.165, 1.54) is 0 Å². The minimum atomic E-state index is -0.464. The Morgan fingerprint density at radius 3 is 2.46 bits per heavy atom. The summed E-state index contributed by atoms with van der Waals surface area (Å²) >= 11 is 0. The van der Waals surface area contributed by atoms with Gasteiger partial charge in [0.1, 0.15) is 5.75 Å². The average molecular weight is 356 g/mol. The van der Waals surface area contributed by atoms with Crippen LogP contribution >= 0.6 is 0 Å². The molecular weight excluding hydrogens is 332 g/mol. The quantitative estimate of drug-likeness (QED) is 0.745. The van der Waals surface area contributed by atoms with Crippen LogP contribution in [0, 0.1) is 0 Å². The average Bonchev–Trinajstić information content (AvgIpc) is 2.62. The number of hydrogen-bond acceptors (Lipinski definition) is 5. The number of aromatic hydroxyl groups is 1. The van der Waals surface area contributed by atoms with E-state index in [2.05, 4.69) is 5.32 Å². The van der Waals surface area contributed by atoms with Gasteiger partial charge in [-0.1, -0.05) is 24.3 Å². The highest BCUT2D eigenvalue weighted by Gasteiger charge is 2.17. The van der Waals surface area contributed by atoms with Gasteiger partial charge in [-0.05, 0) is 50.7 Å². The summed E-state index contributed by atoms with van der Waals surface area (Å²) in [5.74, 6) is -0.485. The Morgan fingerprint density at radius 2 is 1.81 bits per heavy atom. The molecule has 0 aromatic heterocycles. The van der Waals surface area contributed by atoms with Crippen LogP contribution in [0.2, 0.25) is 0 Å². The number of ether oxygens (including phenoxy) is 1. The number of phenolic OH excluding ortho intramolecular Hbond substituents is 1. The Morgan fingerprint density at radius 1 is 1.15 bits per heavy atom. The zero-order chi connectivity index (χ0) is 19.1. The number of benzene rings is 2. The van der Waals surface area contributed by atoms with Crippen LogP contribution in [0.15, 0.2) is 48.5 Å². The molecule has 0 heterocycles. The predicted molar refractivity (Wildman–Crippen MR) is 100 cm³/mol. The third-order valence-electron chi connectivity index (χ3n) is 4.13. The summed E-state index contributed by atoms with van der Waals surface area (Å²) in [5.41, 5.74) is 1.75. The van der Waals surface area contributed by atoms with Crippen LogP contribution in [0.3, 0.4) is 0 Å². The minimum Gasteiger partial charge on any atom is -0.508 e. The largest absolute Gasteiger partial charge is 0.508 e. The first-order chi connectivity index (χ1) is 12.4. The lowest BCUT2D eigenvalue weighted by Gasteiger charge is -2.24. The van der Waals surface area contributed by atoms with Crippen molar-refractivity contribution in [2.75, 3.05) is 25.5 Å². The fourth-order valence-electron chi connectivity index (χ4n) is 2.54. The summed E-state index contributed by atoms with van der Waals surface area (Å²) in [5, 5.41) is 12.2. The fraction of sp³-hybridized carbons (Fsp3) is 0.300. The van der Waals surface area contributed by atoms with Gasteiger partial charge in [-0.15, -0.1) is 0 Å². The number of hydrogen-bond donors (Lipinski definition) is 2. The Hall–Kier alpha value is -2.86. The lowest BCUT2D eigenvalue weighted by molar-refractivity contribution is -0.117. The van der Waals surface area contributed by atoms with Gasteiger partial charge < -0.3 is 15.2 Å². The highest BCUT2D eigenvalue weighted by molar-refractivity contribution is 6.01. The smallest absolute Gasteiger partial charge is 0.340 e. The van der Waals surface area contributed by atoms with Gasteiger partial charge in [-0.25, -0.2) is 4.79 Å². The molecule has 0 fully saturated rings.